The summed E-state index contributed by atoms with van der Waals surface area (Å²) in [7, 11) is 2.02. The van der Waals surface area contributed by atoms with Crippen molar-refractivity contribution in [3.63, 3.8) is 0 Å². The van der Waals surface area contributed by atoms with E-state index in [0.29, 0.717) is 5.92 Å². The molecule has 20 heavy (non-hydrogen) atoms. The Balaban J connectivity index is 1.97. The number of rotatable bonds is 8. The van der Waals surface area contributed by atoms with Crippen LogP contribution >= 0.6 is 0 Å². The minimum Gasteiger partial charge on any atom is -0.316 e. The Hall–Kier alpha value is -1.61. The summed E-state index contributed by atoms with van der Waals surface area (Å²) in [5.41, 5.74) is 2.74. The van der Waals surface area contributed by atoms with Crippen LogP contribution in [-0.4, -0.2) is 22.9 Å². The van der Waals surface area contributed by atoms with Gasteiger partial charge in [0.1, 0.15) is 0 Å². The van der Waals surface area contributed by atoms with E-state index in [1.165, 1.54) is 17.7 Å². The predicted octanol–water partition coefficient (Wildman–Crippen LogP) is 3.14. The number of nitrogens with one attached hydrogen (secondary N) is 1. The highest BCUT2D eigenvalue weighted by Crippen LogP contribution is 2.21. The van der Waals surface area contributed by atoms with E-state index in [4.69, 9.17) is 0 Å². The summed E-state index contributed by atoms with van der Waals surface area (Å²) in [6.45, 7) is 4.35. The van der Waals surface area contributed by atoms with Crippen molar-refractivity contribution in [1.29, 1.82) is 0 Å². The van der Waals surface area contributed by atoms with E-state index in [0.717, 1.165) is 25.9 Å². The fraction of sp³-hybridized carbons (Fsp3) is 0.471. The number of hydrogen-bond acceptors (Lipinski definition) is 2. The molecule has 0 aliphatic carbocycles. The van der Waals surface area contributed by atoms with Gasteiger partial charge in [-0.25, -0.2) is 0 Å². The molecule has 0 bridgehead atoms. The van der Waals surface area contributed by atoms with Crippen LogP contribution in [0.3, 0.4) is 0 Å². The predicted molar refractivity (Wildman–Crippen MR) is 83.9 cm³/mol. The Labute approximate surface area is 122 Å². The average molecular weight is 271 g/mol. The highest BCUT2D eigenvalue weighted by molar-refractivity contribution is 5.20. The number of nitrogens with zero attached hydrogens (tertiary/aromatic N) is 2. The standard InChI is InChI=1S/C17H25N3/c1-3-12-18-14-16(15-7-5-4-6-8-15)9-10-17-11-13-19-20(17)2/h4-8,11,13,16,18H,3,9-10,12,14H2,1-2H3. The Bertz CT molecular complexity index is 490. The molecule has 1 aromatic heterocycles. The first-order valence-corrected chi connectivity index (χ1v) is 7.53. The molecule has 0 saturated heterocycles. The Morgan fingerprint density at radius 3 is 2.65 bits per heavy atom. The molecule has 0 aliphatic rings. The lowest BCUT2D eigenvalue weighted by Crippen LogP contribution is -2.23. The van der Waals surface area contributed by atoms with Crippen molar-refractivity contribution in [2.45, 2.75) is 32.1 Å². The van der Waals surface area contributed by atoms with Gasteiger partial charge in [-0.05, 0) is 43.4 Å². The third-order valence-electron chi connectivity index (χ3n) is 3.76. The van der Waals surface area contributed by atoms with Crippen molar-refractivity contribution in [1.82, 2.24) is 15.1 Å². The topological polar surface area (TPSA) is 29.9 Å². The van der Waals surface area contributed by atoms with Gasteiger partial charge in [-0.2, -0.15) is 5.10 Å². The van der Waals surface area contributed by atoms with Crippen LogP contribution in [0.2, 0.25) is 0 Å². The number of hydrogen-bond donors (Lipinski definition) is 1. The van der Waals surface area contributed by atoms with Crippen molar-refractivity contribution in [2.75, 3.05) is 13.1 Å². The zero-order chi connectivity index (χ0) is 14.2. The van der Waals surface area contributed by atoms with Crippen LogP contribution in [0.4, 0.5) is 0 Å². The molecule has 0 spiro atoms. The van der Waals surface area contributed by atoms with Gasteiger partial charge in [-0.15, -0.1) is 0 Å². The van der Waals surface area contributed by atoms with Crippen molar-refractivity contribution >= 4 is 0 Å². The molecule has 2 aromatic rings. The molecule has 3 nitrogen and oxygen atoms in total. The summed E-state index contributed by atoms with van der Waals surface area (Å²) < 4.78 is 1.97. The molecule has 2 rings (SSSR count). The largest absolute Gasteiger partial charge is 0.316 e. The number of aromatic nitrogens is 2. The third kappa shape index (κ3) is 4.20. The molecule has 1 N–H and O–H groups in total. The van der Waals surface area contributed by atoms with E-state index in [2.05, 4.69) is 53.7 Å². The minimum absolute atomic E-state index is 0.567. The summed E-state index contributed by atoms with van der Waals surface area (Å²) in [5.74, 6) is 0.567. The molecular formula is C17H25N3. The van der Waals surface area contributed by atoms with Crippen LogP contribution in [0.25, 0.3) is 0 Å². The Kier molecular flexibility index (Phi) is 5.81. The van der Waals surface area contributed by atoms with Gasteiger partial charge in [-0.1, -0.05) is 37.3 Å². The Morgan fingerprint density at radius 2 is 2.00 bits per heavy atom. The van der Waals surface area contributed by atoms with Gasteiger partial charge in [0.25, 0.3) is 0 Å². The van der Waals surface area contributed by atoms with E-state index in [-0.39, 0.29) is 0 Å². The van der Waals surface area contributed by atoms with Crippen molar-refractivity contribution in [2.24, 2.45) is 7.05 Å². The highest BCUT2D eigenvalue weighted by Gasteiger charge is 2.12. The summed E-state index contributed by atoms with van der Waals surface area (Å²) >= 11 is 0. The van der Waals surface area contributed by atoms with E-state index in [1.807, 2.05) is 17.9 Å². The first kappa shape index (κ1) is 14.8. The van der Waals surface area contributed by atoms with Crippen LogP contribution in [0.15, 0.2) is 42.6 Å². The third-order valence-corrected chi connectivity index (χ3v) is 3.76. The minimum atomic E-state index is 0.567. The van der Waals surface area contributed by atoms with Gasteiger partial charge in [0.2, 0.25) is 0 Å². The zero-order valence-electron chi connectivity index (χ0n) is 12.5. The average Bonchev–Trinajstić information content (AvgIpc) is 2.89. The number of benzene rings is 1. The quantitative estimate of drug-likeness (QED) is 0.748. The molecule has 0 radical (unpaired) electrons. The highest BCUT2D eigenvalue weighted by atomic mass is 15.2. The molecule has 0 saturated carbocycles. The maximum atomic E-state index is 4.24. The summed E-state index contributed by atoms with van der Waals surface area (Å²) in [5, 5.41) is 7.80. The van der Waals surface area contributed by atoms with Crippen molar-refractivity contribution < 1.29 is 0 Å². The van der Waals surface area contributed by atoms with Gasteiger partial charge < -0.3 is 5.32 Å². The first-order valence-electron chi connectivity index (χ1n) is 7.53. The monoisotopic (exact) mass is 271 g/mol. The lowest BCUT2D eigenvalue weighted by atomic mass is 9.93. The molecular weight excluding hydrogens is 246 g/mol. The van der Waals surface area contributed by atoms with E-state index in [1.54, 1.807) is 0 Å². The van der Waals surface area contributed by atoms with Crippen LogP contribution in [-0.2, 0) is 13.5 Å². The summed E-state index contributed by atoms with van der Waals surface area (Å²) in [4.78, 5) is 0. The molecule has 0 amide bonds. The molecule has 1 atom stereocenters. The van der Waals surface area contributed by atoms with Gasteiger partial charge >= 0.3 is 0 Å². The normalized spacial score (nSPS) is 12.5. The lowest BCUT2D eigenvalue weighted by Gasteiger charge is -2.18. The molecule has 1 unspecified atom stereocenters. The van der Waals surface area contributed by atoms with Crippen LogP contribution < -0.4 is 5.32 Å². The fourth-order valence-electron chi connectivity index (χ4n) is 2.53. The van der Waals surface area contributed by atoms with Crippen molar-refractivity contribution in [3.8, 4) is 0 Å². The second-order valence-corrected chi connectivity index (χ2v) is 5.30. The maximum Gasteiger partial charge on any atom is 0.0492 e. The smallest absolute Gasteiger partial charge is 0.0492 e. The van der Waals surface area contributed by atoms with Gasteiger partial charge in [0, 0.05) is 25.5 Å². The zero-order valence-corrected chi connectivity index (χ0v) is 12.5. The Morgan fingerprint density at radius 1 is 1.20 bits per heavy atom. The van der Waals surface area contributed by atoms with Gasteiger partial charge in [0.05, 0.1) is 0 Å². The second-order valence-electron chi connectivity index (χ2n) is 5.30. The fourth-order valence-corrected chi connectivity index (χ4v) is 2.53. The first-order chi connectivity index (χ1) is 9.81. The maximum absolute atomic E-state index is 4.24. The molecule has 1 aromatic carbocycles. The SMILES string of the molecule is CCCNCC(CCc1ccnn1C)c1ccccc1. The molecule has 3 heteroatoms. The molecule has 0 aliphatic heterocycles. The van der Waals surface area contributed by atoms with E-state index >= 15 is 0 Å². The summed E-state index contributed by atoms with van der Waals surface area (Å²) in [6.07, 6.45) is 5.29. The van der Waals surface area contributed by atoms with Gasteiger partial charge in [-0.3, -0.25) is 4.68 Å². The van der Waals surface area contributed by atoms with E-state index in [9.17, 15) is 0 Å². The van der Waals surface area contributed by atoms with Gasteiger partial charge in [0.15, 0.2) is 0 Å². The molecule has 0 fully saturated rings. The lowest BCUT2D eigenvalue weighted by molar-refractivity contribution is 0.538. The molecule has 1 heterocycles. The molecule has 108 valence electrons. The van der Waals surface area contributed by atoms with E-state index < -0.39 is 0 Å². The van der Waals surface area contributed by atoms with Crippen LogP contribution in [0, 0.1) is 0 Å². The second kappa shape index (κ2) is 7.85. The van der Waals surface area contributed by atoms with Crippen molar-refractivity contribution in [3.05, 3.63) is 53.9 Å². The van der Waals surface area contributed by atoms with Crippen LogP contribution in [0.1, 0.15) is 36.9 Å². The van der Waals surface area contributed by atoms with Crippen LogP contribution in [0.5, 0.6) is 0 Å². The number of aryl methyl sites for hydroxylation is 2. The summed E-state index contributed by atoms with van der Waals surface area (Å²) in [6, 6.07) is 12.9.